The Labute approximate surface area is 148 Å². The van der Waals surface area contributed by atoms with Gasteiger partial charge >= 0.3 is 0 Å². The third-order valence-electron chi connectivity index (χ3n) is 5.04. The van der Waals surface area contributed by atoms with Gasteiger partial charge in [-0.3, -0.25) is 9.58 Å². The fraction of sp³-hybridized carbons (Fsp3) is 0.526. The van der Waals surface area contributed by atoms with Gasteiger partial charge in [-0.25, -0.2) is 4.39 Å². The van der Waals surface area contributed by atoms with E-state index in [0.29, 0.717) is 0 Å². The third-order valence-corrected chi connectivity index (χ3v) is 5.04. The molecule has 0 saturated carbocycles. The molecule has 5 nitrogen and oxygen atoms in total. The molecule has 1 fully saturated rings. The highest BCUT2D eigenvalue weighted by Crippen LogP contribution is 2.22. The quantitative estimate of drug-likeness (QED) is 0.872. The average Bonchev–Trinajstić information content (AvgIpc) is 2.86. The molecular formula is C19H27FN4O. The Hall–Kier alpha value is -1.76. The van der Waals surface area contributed by atoms with Crippen molar-refractivity contribution >= 4 is 0 Å². The van der Waals surface area contributed by atoms with Crippen LogP contribution >= 0.6 is 0 Å². The van der Waals surface area contributed by atoms with Crippen LogP contribution in [0.25, 0.3) is 0 Å². The lowest BCUT2D eigenvalue weighted by Gasteiger charge is -2.35. The van der Waals surface area contributed by atoms with E-state index in [1.54, 1.807) is 0 Å². The van der Waals surface area contributed by atoms with Crippen LogP contribution in [0.15, 0.2) is 24.3 Å². The number of benzene rings is 1. The van der Waals surface area contributed by atoms with Crippen LogP contribution in [0.5, 0.6) is 0 Å². The number of aromatic nitrogens is 2. The van der Waals surface area contributed by atoms with E-state index in [-0.39, 0.29) is 11.9 Å². The Balaban J connectivity index is 1.70. The Morgan fingerprint density at radius 2 is 1.88 bits per heavy atom. The lowest BCUT2D eigenvalue weighted by molar-refractivity contribution is 0.0161. The van der Waals surface area contributed by atoms with Gasteiger partial charge in [0.05, 0.1) is 18.9 Å². The molecule has 0 amide bonds. The number of nitrogens with zero attached hydrogens (tertiary/aromatic N) is 3. The maximum atomic E-state index is 13.3. The van der Waals surface area contributed by atoms with Crippen molar-refractivity contribution in [2.75, 3.05) is 32.8 Å². The summed E-state index contributed by atoms with van der Waals surface area (Å²) in [7, 11) is 1.97. The molecule has 1 aliphatic heterocycles. The molecule has 1 unspecified atom stereocenters. The van der Waals surface area contributed by atoms with Crippen molar-refractivity contribution in [1.29, 1.82) is 0 Å². The van der Waals surface area contributed by atoms with Gasteiger partial charge in [-0.1, -0.05) is 12.1 Å². The number of ether oxygens (including phenoxy) is 1. The second-order valence-corrected chi connectivity index (χ2v) is 6.62. The van der Waals surface area contributed by atoms with Gasteiger partial charge in [0.2, 0.25) is 0 Å². The van der Waals surface area contributed by atoms with E-state index in [0.717, 1.165) is 50.7 Å². The first kappa shape index (κ1) is 18.0. The van der Waals surface area contributed by atoms with E-state index in [1.807, 2.05) is 30.8 Å². The van der Waals surface area contributed by atoms with Crippen LogP contribution in [0.4, 0.5) is 4.39 Å². The summed E-state index contributed by atoms with van der Waals surface area (Å²) in [5, 5.41) is 8.05. The van der Waals surface area contributed by atoms with Crippen LogP contribution in [0.2, 0.25) is 0 Å². The molecule has 1 saturated heterocycles. The summed E-state index contributed by atoms with van der Waals surface area (Å²) in [6, 6.07) is 7.06. The number of hydrogen-bond acceptors (Lipinski definition) is 4. The van der Waals surface area contributed by atoms with Crippen LogP contribution in [0.1, 0.15) is 28.6 Å². The standard InChI is InChI=1S/C19H27FN4O/c1-14-18(15(2)23(3)22-14)12-21-13-19(24-8-10-25-11-9-24)16-4-6-17(20)7-5-16/h4-7,19,21H,8-13H2,1-3H3. The first-order valence-corrected chi connectivity index (χ1v) is 8.83. The van der Waals surface area contributed by atoms with Gasteiger partial charge in [0.15, 0.2) is 0 Å². The monoisotopic (exact) mass is 346 g/mol. The highest BCUT2D eigenvalue weighted by molar-refractivity contribution is 5.24. The minimum Gasteiger partial charge on any atom is -0.379 e. The minimum atomic E-state index is -0.195. The van der Waals surface area contributed by atoms with Crippen molar-refractivity contribution in [1.82, 2.24) is 20.0 Å². The number of nitrogens with one attached hydrogen (secondary N) is 1. The van der Waals surface area contributed by atoms with Crippen molar-refractivity contribution in [2.45, 2.75) is 26.4 Å². The molecule has 1 N–H and O–H groups in total. The van der Waals surface area contributed by atoms with Gasteiger partial charge in [0, 0.05) is 50.5 Å². The molecule has 2 aromatic rings. The normalized spacial score (nSPS) is 17.0. The topological polar surface area (TPSA) is 42.3 Å². The summed E-state index contributed by atoms with van der Waals surface area (Å²) in [5.41, 5.74) is 4.64. The van der Waals surface area contributed by atoms with Gasteiger partial charge in [-0.15, -0.1) is 0 Å². The van der Waals surface area contributed by atoms with Crippen LogP contribution in [-0.4, -0.2) is 47.5 Å². The maximum absolute atomic E-state index is 13.3. The van der Waals surface area contributed by atoms with Crippen LogP contribution in [0.3, 0.4) is 0 Å². The predicted octanol–water partition coefficient (Wildman–Crippen LogP) is 2.34. The van der Waals surface area contributed by atoms with Crippen LogP contribution in [-0.2, 0) is 18.3 Å². The van der Waals surface area contributed by atoms with Gasteiger partial charge in [0.25, 0.3) is 0 Å². The molecule has 0 radical (unpaired) electrons. The van der Waals surface area contributed by atoms with Crippen molar-refractivity contribution in [3.05, 3.63) is 52.6 Å². The summed E-state index contributed by atoms with van der Waals surface area (Å²) in [6.07, 6.45) is 0. The maximum Gasteiger partial charge on any atom is 0.123 e. The molecule has 3 rings (SSSR count). The lowest BCUT2D eigenvalue weighted by atomic mass is 10.0. The fourth-order valence-corrected chi connectivity index (χ4v) is 3.44. The van der Waals surface area contributed by atoms with Crippen molar-refractivity contribution in [3.8, 4) is 0 Å². The summed E-state index contributed by atoms with van der Waals surface area (Å²) in [5.74, 6) is -0.195. The molecule has 1 atom stereocenters. The van der Waals surface area contributed by atoms with Gasteiger partial charge < -0.3 is 10.1 Å². The first-order valence-electron chi connectivity index (χ1n) is 8.83. The van der Waals surface area contributed by atoms with E-state index in [9.17, 15) is 4.39 Å². The highest BCUT2D eigenvalue weighted by atomic mass is 19.1. The van der Waals surface area contributed by atoms with E-state index in [1.165, 1.54) is 23.4 Å². The Kier molecular flexibility index (Phi) is 5.83. The second-order valence-electron chi connectivity index (χ2n) is 6.62. The molecule has 0 spiro atoms. The average molecular weight is 346 g/mol. The zero-order chi connectivity index (χ0) is 17.8. The Morgan fingerprint density at radius 3 is 2.48 bits per heavy atom. The van der Waals surface area contributed by atoms with Crippen molar-refractivity contribution in [3.63, 3.8) is 0 Å². The lowest BCUT2D eigenvalue weighted by Crippen LogP contribution is -2.42. The molecule has 1 aromatic carbocycles. The molecule has 1 aromatic heterocycles. The zero-order valence-corrected chi connectivity index (χ0v) is 15.3. The SMILES string of the molecule is Cc1nn(C)c(C)c1CNCC(c1ccc(F)cc1)N1CCOCC1. The van der Waals surface area contributed by atoms with E-state index >= 15 is 0 Å². The second kappa shape index (κ2) is 8.08. The molecular weight excluding hydrogens is 319 g/mol. The summed E-state index contributed by atoms with van der Waals surface area (Å²) < 4.78 is 20.7. The van der Waals surface area contributed by atoms with Crippen LogP contribution in [0, 0.1) is 19.7 Å². The number of hydrogen-bond donors (Lipinski definition) is 1. The van der Waals surface area contributed by atoms with E-state index in [4.69, 9.17) is 4.74 Å². The smallest absolute Gasteiger partial charge is 0.123 e. The number of aryl methyl sites for hydroxylation is 2. The molecule has 0 aliphatic carbocycles. The molecule has 2 heterocycles. The molecule has 25 heavy (non-hydrogen) atoms. The van der Waals surface area contributed by atoms with Gasteiger partial charge in [-0.2, -0.15) is 5.10 Å². The van der Waals surface area contributed by atoms with Crippen molar-refractivity contribution < 1.29 is 9.13 Å². The summed E-state index contributed by atoms with van der Waals surface area (Å²) in [4.78, 5) is 2.41. The highest BCUT2D eigenvalue weighted by Gasteiger charge is 2.22. The van der Waals surface area contributed by atoms with Gasteiger partial charge in [-0.05, 0) is 31.5 Å². The number of halogens is 1. The molecule has 136 valence electrons. The predicted molar refractivity (Wildman–Crippen MR) is 95.9 cm³/mol. The minimum absolute atomic E-state index is 0.195. The van der Waals surface area contributed by atoms with E-state index < -0.39 is 0 Å². The fourth-order valence-electron chi connectivity index (χ4n) is 3.44. The van der Waals surface area contributed by atoms with E-state index in [2.05, 4.69) is 22.2 Å². The number of rotatable bonds is 6. The first-order chi connectivity index (χ1) is 12.1. The summed E-state index contributed by atoms with van der Waals surface area (Å²) >= 11 is 0. The van der Waals surface area contributed by atoms with Gasteiger partial charge in [0.1, 0.15) is 5.82 Å². The molecule has 1 aliphatic rings. The largest absolute Gasteiger partial charge is 0.379 e. The third kappa shape index (κ3) is 4.26. The molecule has 0 bridgehead atoms. The molecule has 6 heteroatoms. The Morgan fingerprint density at radius 1 is 1.20 bits per heavy atom. The zero-order valence-electron chi connectivity index (χ0n) is 15.3. The Bertz CT molecular complexity index is 692. The number of morpholine rings is 1. The van der Waals surface area contributed by atoms with Crippen molar-refractivity contribution in [2.24, 2.45) is 7.05 Å². The van der Waals surface area contributed by atoms with Crippen LogP contribution < -0.4 is 5.32 Å². The summed E-state index contributed by atoms with van der Waals surface area (Å²) in [6.45, 7) is 9.02.